The van der Waals surface area contributed by atoms with Gasteiger partial charge in [0.1, 0.15) is 5.69 Å². The van der Waals surface area contributed by atoms with Gasteiger partial charge in [-0.25, -0.2) is 13.2 Å². The number of nitrogens with zero attached hydrogens (tertiary/aromatic N) is 3. The number of carbonyl (C=O) groups is 2. The van der Waals surface area contributed by atoms with E-state index in [4.69, 9.17) is 4.74 Å². The highest BCUT2D eigenvalue weighted by atomic mass is 32.2. The zero-order valence-corrected chi connectivity index (χ0v) is 19.7. The van der Waals surface area contributed by atoms with Crippen LogP contribution in [0.5, 0.6) is 0 Å². The van der Waals surface area contributed by atoms with Gasteiger partial charge in [0.15, 0.2) is 16.4 Å². The van der Waals surface area contributed by atoms with Crippen molar-refractivity contribution in [1.29, 1.82) is 0 Å². The lowest BCUT2D eigenvalue weighted by Crippen LogP contribution is -2.43. The molecule has 0 spiro atoms. The summed E-state index contributed by atoms with van der Waals surface area (Å²) in [5.74, 6) is -1.77. The fourth-order valence-corrected chi connectivity index (χ4v) is 5.58. The summed E-state index contributed by atoms with van der Waals surface area (Å²) in [6.07, 6.45) is 4.38. The minimum Gasteiger partial charge on any atom is -0.452 e. The Kier molecular flexibility index (Phi) is 7.15. The number of nitro benzene ring substituents is 1. The fourth-order valence-electron chi connectivity index (χ4n) is 4.31. The lowest BCUT2D eigenvalue weighted by molar-refractivity contribution is -0.384. The minimum absolute atomic E-state index is 0.0418. The van der Waals surface area contributed by atoms with Gasteiger partial charge in [0.2, 0.25) is 0 Å². The maximum atomic E-state index is 13.0. The highest BCUT2D eigenvalue weighted by molar-refractivity contribution is 7.94. The molecule has 2 aliphatic heterocycles. The largest absolute Gasteiger partial charge is 0.452 e. The number of hydrogen-bond donors (Lipinski definition) is 0. The molecule has 1 amide bonds. The molecule has 0 saturated carbocycles. The van der Waals surface area contributed by atoms with E-state index in [-0.39, 0.29) is 17.0 Å². The molecule has 0 aromatic heterocycles. The number of sulfone groups is 1. The van der Waals surface area contributed by atoms with E-state index < -0.39 is 39.3 Å². The van der Waals surface area contributed by atoms with Gasteiger partial charge < -0.3 is 14.5 Å². The van der Waals surface area contributed by atoms with E-state index in [1.165, 1.54) is 23.1 Å². The number of nitro groups is 1. The molecule has 0 N–H and O–H groups in total. The smallest absolute Gasteiger partial charge is 0.338 e. The van der Waals surface area contributed by atoms with Crippen molar-refractivity contribution in [3.63, 3.8) is 0 Å². The third-order valence-electron chi connectivity index (χ3n) is 5.98. The molecule has 184 valence electrons. The number of benzene rings is 2. The average Bonchev–Trinajstić information content (AvgIpc) is 3.22. The number of carbonyl (C=O) groups excluding carboxylic acids is 2. The molecule has 0 aliphatic carbocycles. The van der Waals surface area contributed by atoms with Gasteiger partial charge in [0, 0.05) is 30.3 Å². The maximum absolute atomic E-state index is 13.0. The zero-order valence-electron chi connectivity index (χ0n) is 18.9. The van der Waals surface area contributed by atoms with Crippen LogP contribution in [-0.4, -0.2) is 56.7 Å². The van der Waals surface area contributed by atoms with Crippen LogP contribution in [0.2, 0.25) is 0 Å². The van der Waals surface area contributed by atoms with E-state index in [1.54, 1.807) is 30.3 Å². The van der Waals surface area contributed by atoms with Gasteiger partial charge in [-0.05, 0) is 49.6 Å². The zero-order chi connectivity index (χ0) is 25.0. The summed E-state index contributed by atoms with van der Waals surface area (Å²) in [7, 11) is -3.43. The molecule has 11 heteroatoms. The first-order chi connectivity index (χ1) is 16.7. The lowest BCUT2D eigenvalue weighted by Gasteiger charge is -2.28. The molecule has 0 radical (unpaired) electrons. The van der Waals surface area contributed by atoms with Crippen molar-refractivity contribution in [2.24, 2.45) is 0 Å². The molecule has 0 bridgehead atoms. The summed E-state index contributed by atoms with van der Waals surface area (Å²) in [5, 5.41) is 12.7. The molecule has 2 aromatic rings. The Bertz CT molecular complexity index is 1260. The topological polar surface area (TPSA) is 127 Å². The van der Waals surface area contributed by atoms with E-state index >= 15 is 0 Å². The fraction of sp³-hybridized carbons (Fsp3) is 0.333. The lowest BCUT2D eigenvalue weighted by atomic mass is 10.1. The molecule has 35 heavy (non-hydrogen) atoms. The van der Waals surface area contributed by atoms with Crippen LogP contribution in [0.15, 0.2) is 60.0 Å². The van der Waals surface area contributed by atoms with Crippen LogP contribution in [0.4, 0.5) is 17.1 Å². The Balaban J connectivity index is 1.49. The summed E-state index contributed by atoms with van der Waals surface area (Å²) in [4.78, 5) is 40.0. The number of amides is 1. The van der Waals surface area contributed by atoms with Crippen LogP contribution in [0.3, 0.4) is 0 Å². The van der Waals surface area contributed by atoms with Gasteiger partial charge >= 0.3 is 5.97 Å². The molecule has 1 atom stereocenters. The quantitative estimate of drug-likeness (QED) is 0.323. The van der Waals surface area contributed by atoms with Crippen LogP contribution in [-0.2, 0) is 19.4 Å². The van der Waals surface area contributed by atoms with Crippen molar-refractivity contribution in [3.8, 4) is 0 Å². The number of hydrogen-bond acceptors (Lipinski definition) is 8. The summed E-state index contributed by atoms with van der Waals surface area (Å²) >= 11 is 0. The molecule has 10 nitrogen and oxygen atoms in total. The number of rotatable bonds is 7. The second-order valence-corrected chi connectivity index (χ2v) is 10.3. The monoisotopic (exact) mass is 499 g/mol. The first-order valence-electron chi connectivity index (χ1n) is 11.2. The van der Waals surface area contributed by atoms with Crippen LogP contribution >= 0.6 is 0 Å². The van der Waals surface area contributed by atoms with Crippen LogP contribution in [0, 0.1) is 10.1 Å². The Morgan fingerprint density at radius 3 is 2.43 bits per heavy atom. The number of para-hydroxylation sites is 1. The number of esters is 1. The molecule has 1 saturated heterocycles. The van der Waals surface area contributed by atoms with Gasteiger partial charge in [0.25, 0.3) is 11.6 Å². The standard InChI is InChI=1S/C24H25N3O7S/c28-23(26(19-7-3-1-4-8-19)20-11-14-35(32,33)17-20)16-34-24(29)18-9-10-21(22(15-18)27(30)31)25-12-5-2-6-13-25/h1,3-4,7-11,14-15,20H,2,5-6,12-13,16-17H2. The second-order valence-electron chi connectivity index (χ2n) is 8.41. The minimum atomic E-state index is -3.43. The first kappa shape index (κ1) is 24.4. The summed E-state index contributed by atoms with van der Waals surface area (Å²) in [6, 6.07) is 11.9. The molecule has 4 rings (SSSR count). The SMILES string of the molecule is O=C(OCC(=O)N(c1ccccc1)C1C=CS(=O)(=O)C1)c1ccc(N2CCCCC2)c([N+](=O)[O-])c1. The van der Waals surface area contributed by atoms with E-state index in [9.17, 15) is 28.1 Å². The predicted octanol–water partition coefficient (Wildman–Crippen LogP) is 3.09. The number of ether oxygens (including phenoxy) is 1. The van der Waals surface area contributed by atoms with Crippen LogP contribution < -0.4 is 9.80 Å². The average molecular weight is 500 g/mol. The van der Waals surface area contributed by atoms with Crippen molar-refractivity contribution < 1.29 is 27.7 Å². The molecule has 2 aliphatic rings. The number of piperidine rings is 1. The van der Waals surface area contributed by atoms with E-state index in [2.05, 4.69) is 0 Å². The first-order valence-corrected chi connectivity index (χ1v) is 13.0. The van der Waals surface area contributed by atoms with E-state index in [0.717, 1.165) is 30.7 Å². The Morgan fingerprint density at radius 1 is 1.09 bits per heavy atom. The molecule has 1 unspecified atom stereocenters. The summed E-state index contributed by atoms with van der Waals surface area (Å²) < 4.78 is 29.0. The Hall–Kier alpha value is -3.73. The third kappa shape index (κ3) is 5.68. The van der Waals surface area contributed by atoms with E-state index in [0.29, 0.717) is 24.5 Å². The van der Waals surface area contributed by atoms with Gasteiger partial charge in [0.05, 0.1) is 22.3 Å². The van der Waals surface area contributed by atoms with Gasteiger partial charge in [-0.15, -0.1) is 0 Å². The molecule has 2 heterocycles. The van der Waals surface area contributed by atoms with Crippen molar-refractivity contribution in [2.75, 3.05) is 35.2 Å². The van der Waals surface area contributed by atoms with Crippen LogP contribution in [0.1, 0.15) is 29.6 Å². The van der Waals surface area contributed by atoms with Gasteiger partial charge in [-0.1, -0.05) is 18.2 Å². The van der Waals surface area contributed by atoms with Crippen molar-refractivity contribution in [3.05, 3.63) is 75.7 Å². The molecule has 1 fully saturated rings. The van der Waals surface area contributed by atoms with Crippen molar-refractivity contribution in [1.82, 2.24) is 0 Å². The summed E-state index contributed by atoms with van der Waals surface area (Å²) in [6.45, 7) is 0.763. The third-order valence-corrected chi connectivity index (χ3v) is 7.36. The normalized spacial score (nSPS) is 18.7. The molecular formula is C24H25N3O7S. The van der Waals surface area contributed by atoms with Crippen LogP contribution in [0.25, 0.3) is 0 Å². The van der Waals surface area contributed by atoms with Crippen molar-refractivity contribution in [2.45, 2.75) is 25.3 Å². The summed E-state index contributed by atoms with van der Waals surface area (Å²) in [5.41, 5.74) is 0.674. The Labute approximate surface area is 202 Å². The van der Waals surface area contributed by atoms with Crippen molar-refractivity contribution >= 4 is 38.8 Å². The van der Waals surface area contributed by atoms with E-state index in [1.807, 2.05) is 4.90 Å². The number of anilines is 2. The highest BCUT2D eigenvalue weighted by Gasteiger charge is 2.32. The van der Waals surface area contributed by atoms with Gasteiger partial charge in [-0.3, -0.25) is 14.9 Å². The molecule has 2 aromatic carbocycles. The van der Waals surface area contributed by atoms with Gasteiger partial charge in [-0.2, -0.15) is 0 Å². The molecular weight excluding hydrogens is 474 g/mol. The Morgan fingerprint density at radius 2 is 1.80 bits per heavy atom. The maximum Gasteiger partial charge on any atom is 0.338 e. The predicted molar refractivity (Wildman–Crippen MR) is 130 cm³/mol. The highest BCUT2D eigenvalue weighted by Crippen LogP contribution is 2.31. The second kappa shape index (κ2) is 10.3.